The van der Waals surface area contributed by atoms with Crippen LogP contribution in [0.2, 0.25) is 0 Å². The zero-order valence-corrected chi connectivity index (χ0v) is 18.2. The molecule has 0 aliphatic carbocycles. The molecule has 1 atom stereocenters. The number of nitriles is 1. The summed E-state index contributed by atoms with van der Waals surface area (Å²) in [5.74, 6) is 0.131. The summed E-state index contributed by atoms with van der Waals surface area (Å²) < 4.78 is 0. The van der Waals surface area contributed by atoms with Crippen LogP contribution < -0.4 is 4.90 Å². The summed E-state index contributed by atoms with van der Waals surface area (Å²) >= 11 is 0. The van der Waals surface area contributed by atoms with Crippen molar-refractivity contribution in [3.63, 3.8) is 0 Å². The fourth-order valence-electron chi connectivity index (χ4n) is 4.50. The first-order chi connectivity index (χ1) is 14.8. The van der Waals surface area contributed by atoms with E-state index in [1.165, 1.54) is 0 Å². The second-order valence-electron chi connectivity index (χ2n) is 7.83. The number of carbonyl (C=O) groups is 1. The first-order valence-electron chi connectivity index (χ1n) is 10.5. The summed E-state index contributed by atoms with van der Waals surface area (Å²) in [6.45, 7) is 0. The summed E-state index contributed by atoms with van der Waals surface area (Å²) in [6, 6.07) is 24.3. The van der Waals surface area contributed by atoms with Crippen molar-refractivity contribution in [2.24, 2.45) is 0 Å². The second-order valence-corrected chi connectivity index (χ2v) is 7.83. The maximum Gasteiger partial charge on any atom is 0.242 e. The Hall–Kier alpha value is -3.16. The Labute approximate surface area is 190 Å². The smallest absolute Gasteiger partial charge is 0.242 e. The van der Waals surface area contributed by atoms with Crippen LogP contribution in [0.25, 0.3) is 0 Å². The van der Waals surface area contributed by atoms with Gasteiger partial charge in [0.2, 0.25) is 5.91 Å². The summed E-state index contributed by atoms with van der Waals surface area (Å²) in [5.41, 5.74) is 3.47. The summed E-state index contributed by atoms with van der Waals surface area (Å²) in [5, 5.41) is 8.84. The van der Waals surface area contributed by atoms with Crippen LogP contribution in [0, 0.1) is 11.3 Å². The van der Waals surface area contributed by atoms with E-state index in [9.17, 15) is 4.79 Å². The standard InChI is InChI=1S/C26H25N3O.ClH/c27-17-9-2-1-8-16-26(20-21-14-18-28-19-15-21)23-12-6-7-13-24(23)29(25(26)30)22-10-4-3-5-11-22;/h3-7,10-15,18-19H,1-2,8-9,16,20H2;1H. The number of hydrogen-bond donors (Lipinski definition) is 0. The quantitative estimate of drug-likeness (QED) is 0.402. The molecule has 31 heavy (non-hydrogen) atoms. The van der Waals surface area contributed by atoms with Gasteiger partial charge in [-0.2, -0.15) is 5.26 Å². The van der Waals surface area contributed by atoms with Gasteiger partial charge in [0, 0.05) is 24.5 Å². The number of rotatable bonds is 8. The SMILES string of the molecule is Cl.N#CCCCCCC1(Cc2ccncc2)C(=O)N(c2ccccc2)c2ccccc21. The lowest BCUT2D eigenvalue weighted by Gasteiger charge is -2.29. The first kappa shape index (κ1) is 22.5. The molecule has 2 aromatic carbocycles. The molecule has 0 saturated heterocycles. The molecule has 2 heterocycles. The monoisotopic (exact) mass is 431 g/mol. The van der Waals surface area contributed by atoms with Crippen molar-refractivity contribution in [2.45, 2.75) is 43.9 Å². The average Bonchev–Trinajstić information content (AvgIpc) is 3.03. The molecule has 4 rings (SSSR count). The van der Waals surface area contributed by atoms with E-state index in [0.717, 1.165) is 48.2 Å². The van der Waals surface area contributed by atoms with Gasteiger partial charge in [0.1, 0.15) is 0 Å². The number of anilines is 2. The van der Waals surface area contributed by atoms with Gasteiger partial charge in [0.05, 0.1) is 17.2 Å². The van der Waals surface area contributed by atoms with Crippen LogP contribution >= 0.6 is 12.4 Å². The highest BCUT2D eigenvalue weighted by molar-refractivity contribution is 6.13. The predicted octanol–water partition coefficient (Wildman–Crippen LogP) is 6.14. The number of para-hydroxylation sites is 2. The van der Waals surface area contributed by atoms with Crippen molar-refractivity contribution >= 4 is 29.7 Å². The van der Waals surface area contributed by atoms with Crippen LogP contribution in [0.3, 0.4) is 0 Å². The van der Waals surface area contributed by atoms with Gasteiger partial charge in [-0.05, 0) is 60.7 Å². The van der Waals surface area contributed by atoms with E-state index in [-0.39, 0.29) is 18.3 Å². The third-order valence-electron chi connectivity index (χ3n) is 5.93. The maximum atomic E-state index is 14.1. The number of hydrogen-bond acceptors (Lipinski definition) is 3. The van der Waals surface area contributed by atoms with E-state index < -0.39 is 5.41 Å². The van der Waals surface area contributed by atoms with E-state index in [0.29, 0.717) is 12.8 Å². The van der Waals surface area contributed by atoms with Gasteiger partial charge in [-0.1, -0.05) is 49.2 Å². The topological polar surface area (TPSA) is 57.0 Å². The molecular weight excluding hydrogens is 406 g/mol. The molecular formula is C26H26ClN3O. The van der Waals surface area contributed by atoms with Crippen LogP contribution in [0.1, 0.15) is 43.2 Å². The summed E-state index contributed by atoms with van der Waals surface area (Å²) in [6.07, 6.45) is 8.29. The molecule has 4 nitrogen and oxygen atoms in total. The van der Waals surface area contributed by atoms with Gasteiger partial charge < -0.3 is 0 Å². The highest BCUT2D eigenvalue weighted by Gasteiger charge is 2.50. The number of carbonyl (C=O) groups excluding carboxylic acids is 1. The number of aromatic nitrogens is 1. The predicted molar refractivity (Wildman–Crippen MR) is 126 cm³/mol. The van der Waals surface area contributed by atoms with E-state index >= 15 is 0 Å². The minimum absolute atomic E-state index is 0. The van der Waals surface area contributed by atoms with Crippen molar-refractivity contribution in [1.29, 1.82) is 5.26 Å². The van der Waals surface area contributed by atoms with Gasteiger partial charge in [-0.25, -0.2) is 0 Å². The van der Waals surface area contributed by atoms with E-state index in [1.54, 1.807) is 12.4 Å². The maximum absolute atomic E-state index is 14.1. The first-order valence-corrected chi connectivity index (χ1v) is 10.5. The molecule has 0 N–H and O–H groups in total. The van der Waals surface area contributed by atoms with Crippen molar-refractivity contribution in [1.82, 2.24) is 4.98 Å². The lowest BCUT2D eigenvalue weighted by atomic mass is 9.73. The summed E-state index contributed by atoms with van der Waals surface area (Å²) in [4.78, 5) is 20.1. The zero-order chi connectivity index (χ0) is 20.8. The van der Waals surface area contributed by atoms with Crippen molar-refractivity contribution < 1.29 is 4.79 Å². The Balaban J connectivity index is 0.00000272. The molecule has 158 valence electrons. The molecule has 1 amide bonds. The Morgan fingerprint density at radius 1 is 0.903 bits per heavy atom. The minimum atomic E-state index is -0.611. The second kappa shape index (κ2) is 10.2. The molecule has 0 bridgehead atoms. The van der Waals surface area contributed by atoms with E-state index in [2.05, 4.69) is 17.1 Å². The van der Waals surface area contributed by atoms with Crippen LogP contribution in [0.4, 0.5) is 11.4 Å². The van der Waals surface area contributed by atoms with Gasteiger partial charge in [0.15, 0.2) is 0 Å². The molecule has 1 aromatic heterocycles. The number of unbranched alkanes of at least 4 members (excludes halogenated alkanes) is 3. The van der Waals surface area contributed by atoms with Crippen LogP contribution in [-0.4, -0.2) is 10.9 Å². The number of pyridine rings is 1. The Morgan fingerprint density at radius 2 is 1.61 bits per heavy atom. The molecule has 1 aliphatic heterocycles. The number of halogens is 1. The molecule has 0 radical (unpaired) electrons. The molecule has 0 saturated carbocycles. The molecule has 3 aromatic rings. The van der Waals surface area contributed by atoms with E-state index in [4.69, 9.17) is 5.26 Å². The lowest BCUT2D eigenvalue weighted by Crippen LogP contribution is -2.40. The molecule has 0 spiro atoms. The summed E-state index contributed by atoms with van der Waals surface area (Å²) in [7, 11) is 0. The normalized spacial score (nSPS) is 17.0. The lowest BCUT2D eigenvalue weighted by molar-refractivity contribution is -0.122. The number of fused-ring (bicyclic) bond motifs is 1. The van der Waals surface area contributed by atoms with Gasteiger partial charge in [-0.3, -0.25) is 14.7 Å². The number of nitrogens with zero attached hydrogens (tertiary/aromatic N) is 3. The largest absolute Gasteiger partial charge is 0.280 e. The number of benzene rings is 2. The van der Waals surface area contributed by atoms with Crippen molar-refractivity contribution in [2.75, 3.05) is 4.90 Å². The Morgan fingerprint density at radius 3 is 2.35 bits per heavy atom. The highest BCUT2D eigenvalue weighted by atomic mass is 35.5. The highest BCUT2D eigenvalue weighted by Crippen LogP contribution is 2.49. The molecule has 5 heteroatoms. The Kier molecular flexibility index (Phi) is 7.44. The number of amides is 1. The third-order valence-corrected chi connectivity index (χ3v) is 5.93. The van der Waals surface area contributed by atoms with Crippen molar-refractivity contribution in [3.8, 4) is 6.07 Å². The van der Waals surface area contributed by atoms with E-state index in [1.807, 2.05) is 65.6 Å². The van der Waals surface area contributed by atoms with Crippen molar-refractivity contribution in [3.05, 3.63) is 90.3 Å². The molecule has 1 aliphatic rings. The minimum Gasteiger partial charge on any atom is -0.280 e. The fourth-order valence-corrected chi connectivity index (χ4v) is 4.50. The van der Waals surface area contributed by atoms with Gasteiger partial charge in [0.25, 0.3) is 0 Å². The van der Waals surface area contributed by atoms with Crippen LogP contribution in [-0.2, 0) is 16.6 Å². The fraction of sp³-hybridized carbons (Fsp3) is 0.269. The van der Waals surface area contributed by atoms with Gasteiger partial charge >= 0.3 is 0 Å². The zero-order valence-electron chi connectivity index (χ0n) is 17.4. The van der Waals surface area contributed by atoms with Crippen LogP contribution in [0.5, 0.6) is 0 Å². The average molecular weight is 432 g/mol. The third kappa shape index (κ3) is 4.47. The Bertz CT molecular complexity index is 1050. The molecule has 0 fully saturated rings. The van der Waals surface area contributed by atoms with Gasteiger partial charge in [-0.15, -0.1) is 12.4 Å². The van der Waals surface area contributed by atoms with Crippen LogP contribution in [0.15, 0.2) is 79.1 Å². The molecule has 1 unspecified atom stereocenters.